The van der Waals surface area contributed by atoms with Crippen LogP contribution in [0.2, 0.25) is 0 Å². The van der Waals surface area contributed by atoms with E-state index in [1.54, 1.807) is 11.0 Å². The summed E-state index contributed by atoms with van der Waals surface area (Å²) in [5.41, 5.74) is 0.779. The Kier molecular flexibility index (Phi) is 4.35. The second-order valence-corrected chi connectivity index (χ2v) is 6.36. The zero-order valence-electron chi connectivity index (χ0n) is 12.1. The second-order valence-electron chi connectivity index (χ2n) is 5.29. The lowest BCUT2D eigenvalue weighted by Gasteiger charge is -2.25. The molecule has 6 heteroatoms. The summed E-state index contributed by atoms with van der Waals surface area (Å²) in [7, 11) is 0. The lowest BCUT2D eigenvalue weighted by molar-refractivity contribution is -0.137. The van der Waals surface area contributed by atoms with Gasteiger partial charge < -0.3 is 4.90 Å². The largest absolute Gasteiger partial charge is 0.416 e. The van der Waals surface area contributed by atoms with Crippen LogP contribution in [0.3, 0.4) is 0 Å². The first-order valence-corrected chi connectivity index (χ1v) is 8.12. The average Bonchev–Trinajstić information content (AvgIpc) is 2.89. The first-order chi connectivity index (χ1) is 10.9. The van der Waals surface area contributed by atoms with Crippen molar-refractivity contribution in [2.24, 2.45) is 0 Å². The highest BCUT2D eigenvalue weighted by Crippen LogP contribution is 2.41. The Hall–Kier alpha value is -1.95. The predicted octanol–water partition coefficient (Wildman–Crippen LogP) is 4.48. The molecule has 0 aromatic heterocycles. The number of hydrogen-bond acceptors (Lipinski definition) is 2. The molecular weight excluding hydrogens is 323 g/mol. The Morgan fingerprint density at radius 3 is 2.52 bits per heavy atom. The summed E-state index contributed by atoms with van der Waals surface area (Å²) in [5.74, 6) is 0.231. The third-order valence-corrected chi connectivity index (χ3v) is 4.92. The highest BCUT2D eigenvalue weighted by Gasteiger charge is 2.35. The van der Waals surface area contributed by atoms with Crippen LogP contribution < -0.4 is 0 Å². The molecule has 2 aromatic rings. The molecule has 1 atom stereocenters. The van der Waals surface area contributed by atoms with E-state index in [2.05, 4.69) is 0 Å². The molecular formula is C17H14F3NOS. The summed E-state index contributed by atoms with van der Waals surface area (Å²) in [6.45, 7) is 0.396. The molecule has 1 aliphatic rings. The normalized spacial score (nSPS) is 18.5. The number of benzene rings is 2. The summed E-state index contributed by atoms with van der Waals surface area (Å²) in [4.78, 5) is 13.8. The van der Waals surface area contributed by atoms with E-state index in [-0.39, 0.29) is 17.0 Å². The number of rotatable bonds is 3. The van der Waals surface area contributed by atoms with Crippen molar-refractivity contribution in [3.05, 3.63) is 71.3 Å². The fourth-order valence-corrected chi connectivity index (χ4v) is 3.73. The van der Waals surface area contributed by atoms with Crippen molar-refractivity contribution < 1.29 is 18.0 Å². The fourth-order valence-electron chi connectivity index (χ4n) is 2.55. The van der Waals surface area contributed by atoms with Gasteiger partial charge in [-0.2, -0.15) is 13.2 Å². The number of thioether (sulfide) groups is 1. The standard InChI is InChI=1S/C17H14F3NOS/c18-17(19,20)14-8-4-7-13(9-14)16-21(15(22)11-23-16)10-12-5-2-1-3-6-12/h1-9,16H,10-11H2/t16-/m1/s1. The van der Waals surface area contributed by atoms with Crippen LogP contribution in [0.1, 0.15) is 22.1 Å². The number of amides is 1. The molecule has 1 fully saturated rings. The first-order valence-electron chi connectivity index (χ1n) is 7.07. The van der Waals surface area contributed by atoms with Crippen LogP contribution >= 0.6 is 11.8 Å². The molecule has 0 aliphatic carbocycles. The quantitative estimate of drug-likeness (QED) is 0.823. The Labute approximate surface area is 136 Å². The van der Waals surface area contributed by atoms with Crippen molar-refractivity contribution in [2.75, 3.05) is 5.75 Å². The summed E-state index contributed by atoms with van der Waals surface area (Å²) in [6, 6.07) is 14.7. The molecule has 2 nitrogen and oxygen atoms in total. The SMILES string of the molecule is O=C1CS[C@H](c2cccc(C(F)(F)F)c2)N1Cc1ccccc1. The van der Waals surface area contributed by atoms with Crippen molar-refractivity contribution in [3.63, 3.8) is 0 Å². The van der Waals surface area contributed by atoms with E-state index in [1.807, 2.05) is 30.3 Å². The minimum absolute atomic E-state index is 0.0544. The molecule has 1 aliphatic heterocycles. The van der Waals surface area contributed by atoms with E-state index >= 15 is 0 Å². The summed E-state index contributed by atoms with van der Waals surface area (Å²) in [6.07, 6.45) is -4.38. The predicted molar refractivity (Wildman–Crippen MR) is 83.6 cm³/mol. The lowest BCUT2D eigenvalue weighted by Crippen LogP contribution is -2.27. The number of halogens is 3. The van der Waals surface area contributed by atoms with Crippen LogP contribution in [0, 0.1) is 0 Å². The Bertz CT molecular complexity index is 702. The third-order valence-electron chi connectivity index (χ3n) is 3.66. The monoisotopic (exact) mass is 337 g/mol. The Balaban J connectivity index is 1.88. The van der Waals surface area contributed by atoms with Gasteiger partial charge in [-0.05, 0) is 23.3 Å². The van der Waals surface area contributed by atoms with E-state index in [1.165, 1.54) is 17.8 Å². The lowest BCUT2D eigenvalue weighted by atomic mass is 10.1. The van der Waals surface area contributed by atoms with Gasteiger partial charge in [0.05, 0.1) is 11.3 Å². The number of nitrogens with zero attached hydrogens (tertiary/aromatic N) is 1. The maximum atomic E-state index is 12.9. The Morgan fingerprint density at radius 2 is 1.83 bits per heavy atom. The summed E-state index contributed by atoms with van der Waals surface area (Å²) < 4.78 is 38.7. The van der Waals surface area contributed by atoms with E-state index in [0.29, 0.717) is 12.1 Å². The molecule has 1 saturated heterocycles. The maximum absolute atomic E-state index is 12.9. The fraction of sp³-hybridized carbons (Fsp3) is 0.235. The van der Waals surface area contributed by atoms with Crippen LogP contribution in [0.25, 0.3) is 0 Å². The zero-order chi connectivity index (χ0) is 16.4. The Morgan fingerprint density at radius 1 is 1.09 bits per heavy atom. The molecule has 0 bridgehead atoms. The van der Waals surface area contributed by atoms with Gasteiger partial charge in [0.25, 0.3) is 0 Å². The van der Waals surface area contributed by atoms with Crippen molar-refractivity contribution in [2.45, 2.75) is 18.1 Å². The van der Waals surface area contributed by atoms with Crippen LogP contribution in [0.15, 0.2) is 54.6 Å². The number of carbonyl (C=O) groups excluding carboxylic acids is 1. The topological polar surface area (TPSA) is 20.3 Å². The molecule has 0 spiro atoms. The molecule has 0 N–H and O–H groups in total. The minimum atomic E-state index is -4.38. The number of hydrogen-bond donors (Lipinski definition) is 0. The van der Waals surface area contributed by atoms with E-state index in [4.69, 9.17) is 0 Å². The van der Waals surface area contributed by atoms with E-state index in [0.717, 1.165) is 17.7 Å². The van der Waals surface area contributed by atoms with Gasteiger partial charge in [-0.1, -0.05) is 42.5 Å². The third kappa shape index (κ3) is 3.52. The molecule has 2 aromatic carbocycles. The first kappa shape index (κ1) is 15.9. The summed E-state index contributed by atoms with van der Waals surface area (Å²) in [5, 5.41) is -0.384. The van der Waals surface area contributed by atoms with Crippen molar-refractivity contribution in [1.82, 2.24) is 4.90 Å². The molecule has 0 radical (unpaired) electrons. The van der Waals surface area contributed by atoms with Gasteiger partial charge >= 0.3 is 6.18 Å². The smallest absolute Gasteiger partial charge is 0.322 e. The van der Waals surface area contributed by atoms with Gasteiger partial charge in [-0.25, -0.2) is 0 Å². The molecule has 23 heavy (non-hydrogen) atoms. The molecule has 0 saturated carbocycles. The zero-order valence-corrected chi connectivity index (χ0v) is 12.9. The van der Waals surface area contributed by atoms with Gasteiger partial charge in [-0.15, -0.1) is 11.8 Å². The minimum Gasteiger partial charge on any atom is -0.322 e. The highest BCUT2D eigenvalue weighted by molar-refractivity contribution is 8.00. The maximum Gasteiger partial charge on any atom is 0.416 e. The molecule has 1 amide bonds. The summed E-state index contributed by atoms with van der Waals surface area (Å²) >= 11 is 1.36. The second kappa shape index (κ2) is 6.28. The van der Waals surface area contributed by atoms with Gasteiger partial charge in [0.1, 0.15) is 5.37 Å². The molecule has 1 heterocycles. The van der Waals surface area contributed by atoms with Crippen molar-refractivity contribution >= 4 is 17.7 Å². The number of alkyl halides is 3. The average molecular weight is 337 g/mol. The van der Waals surface area contributed by atoms with Crippen molar-refractivity contribution in [3.8, 4) is 0 Å². The van der Waals surface area contributed by atoms with Crippen molar-refractivity contribution in [1.29, 1.82) is 0 Å². The van der Waals surface area contributed by atoms with Gasteiger partial charge in [-0.3, -0.25) is 4.79 Å². The molecule has 0 unspecified atom stereocenters. The van der Waals surface area contributed by atoms with Crippen LogP contribution in [-0.2, 0) is 17.5 Å². The van der Waals surface area contributed by atoms with E-state index in [9.17, 15) is 18.0 Å². The molecule has 120 valence electrons. The highest BCUT2D eigenvalue weighted by atomic mass is 32.2. The van der Waals surface area contributed by atoms with Crippen LogP contribution in [0.4, 0.5) is 13.2 Å². The van der Waals surface area contributed by atoms with Crippen LogP contribution in [0.5, 0.6) is 0 Å². The number of carbonyl (C=O) groups is 1. The molecule has 3 rings (SSSR count). The van der Waals surface area contributed by atoms with Gasteiger partial charge in [0.2, 0.25) is 5.91 Å². The van der Waals surface area contributed by atoms with Gasteiger partial charge in [0.15, 0.2) is 0 Å². The van der Waals surface area contributed by atoms with E-state index < -0.39 is 11.7 Å². The van der Waals surface area contributed by atoms with Crippen LogP contribution in [-0.4, -0.2) is 16.6 Å². The van der Waals surface area contributed by atoms with Gasteiger partial charge in [0, 0.05) is 6.54 Å².